The van der Waals surface area contributed by atoms with Crippen LogP contribution in [0, 0.1) is 0 Å². The van der Waals surface area contributed by atoms with E-state index in [2.05, 4.69) is 19.2 Å². The normalized spacial score (nSPS) is 19.0. The lowest BCUT2D eigenvalue weighted by Gasteiger charge is -2.40. The van der Waals surface area contributed by atoms with Crippen molar-refractivity contribution in [3.63, 3.8) is 0 Å². The molecule has 0 aromatic rings. The number of hydrogen-bond donors (Lipinski definition) is 6. The maximum Gasteiger partial charge on any atom is 0.220 e. The van der Waals surface area contributed by atoms with Crippen LogP contribution < -0.4 is 5.32 Å². The van der Waals surface area contributed by atoms with Gasteiger partial charge in [0.2, 0.25) is 5.91 Å². The summed E-state index contributed by atoms with van der Waals surface area (Å²) in [5.41, 5.74) is 0. The molecule has 1 rings (SSSR count). The standard InChI is InChI=1S/C64H125NO8/c1-3-5-7-9-11-13-15-17-19-20-21-22-23-24-25-26-27-28-29-30-31-32-33-34-35-36-37-38-40-42-44-46-48-50-52-54-60(68)65-57(56-72-64-63(71)62(70)61(69)59(55-66)73-64)58(67)53-51-49-47-45-43-41-39-18-16-14-12-10-8-6-4-2/h51,53,57-59,61-64,66-67,69-71H,3-50,52,54-56H2,1-2H3,(H,65,68)/b53-51+/t57-,58+,59+,61+,62?,63?,64+/m0/s1. The van der Waals surface area contributed by atoms with Gasteiger partial charge in [-0.05, 0) is 19.3 Å². The predicted octanol–water partition coefficient (Wildman–Crippen LogP) is 16.7. The molecule has 0 aliphatic carbocycles. The number of aliphatic hydroxyl groups is 5. The van der Waals surface area contributed by atoms with E-state index in [0.29, 0.717) is 6.42 Å². The van der Waals surface area contributed by atoms with Gasteiger partial charge in [0.05, 0.1) is 25.4 Å². The second-order valence-corrected chi connectivity index (χ2v) is 22.9. The largest absolute Gasteiger partial charge is 0.394 e. The third-order valence-electron chi connectivity index (χ3n) is 15.9. The van der Waals surface area contributed by atoms with Crippen LogP contribution in [0.15, 0.2) is 12.2 Å². The summed E-state index contributed by atoms with van der Waals surface area (Å²) in [5.74, 6) is -0.169. The molecule has 1 amide bonds. The fourth-order valence-corrected chi connectivity index (χ4v) is 10.8. The topological polar surface area (TPSA) is 149 Å². The van der Waals surface area contributed by atoms with Gasteiger partial charge in [-0.25, -0.2) is 0 Å². The lowest BCUT2D eigenvalue weighted by atomic mass is 9.99. The molecule has 1 heterocycles. The Balaban J connectivity index is 2.06. The summed E-state index contributed by atoms with van der Waals surface area (Å²) in [6.45, 7) is 3.82. The van der Waals surface area contributed by atoms with Gasteiger partial charge in [-0.15, -0.1) is 0 Å². The van der Waals surface area contributed by atoms with Gasteiger partial charge < -0.3 is 40.3 Å². The molecule has 0 saturated carbocycles. The number of allylic oxidation sites excluding steroid dienone is 1. The Morgan fingerprint density at radius 2 is 0.753 bits per heavy atom. The van der Waals surface area contributed by atoms with E-state index in [4.69, 9.17) is 9.47 Å². The molecule has 1 saturated heterocycles. The van der Waals surface area contributed by atoms with E-state index in [9.17, 15) is 30.3 Å². The molecule has 1 fully saturated rings. The van der Waals surface area contributed by atoms with E-state index in [0.717, 1.165) is 38.5 Å². The highest BCUT2D eigenvalue weighted by Crippen LogP contribution is 2.23. The summed E-state index contributed by atoms with van der Waals surface area (Å²) < 4.78 is 11.3. The Kier molecular flexibility index (Phi) is 52.0. The highest BCUT2D eigenvalue weighted by atomic mass is 16.7. The summed E-state index contributed by atoms with van der Waals surface area (Å²) in [5, 5.41) is 54.5. The molecule has 434 valence electrons. The van der Waals surface area contributed by atoms with E-state index in [1.807, 2.05) is 6.08 Å². The van der Waals surface area contributed by atoms with Crippen LogP contribution in [0.5, 0.6) is 0 Å². The van der Waals surface area contributed by atoms with Crippen molar-refractivity contribution in [1.82, 2.24) is 5.32 Å². The van der Waals surface area contributed by atoms with E-state index < -0.39 is 49.5 Å². The molecule has 0 radical (unpaired) electrons. The maximum atomic E-state index is 13.1. The number of rotatable bonds is 57. The summed E-state index contributed by atoms with van der Waals surface area (Å²) in [6, 6.07) is -0.800. The van der Waals surface area contributed by atoms with Crippen LogP contribution in [0.3, 0.4) is 0 Å². The first-order valence-corrected chi connectivity index (χ1v) is 32.4. The lowest BCUT2D eigenvalue weighted by Crippen LogP contribution is -2.60. The maximum absolute atomic E-state index is 13.1. The highest BCUT2D eigenvalue weighted by Gasteiger charge is 2.44. The fraction of sp³-hybridized carbons (Fsp3) is 0.953. The third-order valence-corrected chi connectivity index (χ3v) is 15.9. The first kappa shape index (κ1) is 69.9. The van der Waals surface area contributed by atoms with Crippen molar-refractivity contribution in [2.75, 3.05) is 13.2 Å². The van der Waals surface area contributed by atoms with Crippen LogP contribution in [0.4, 0.5) is 0 Å². The van der Waals surface area contributed by atoms with Crippen molar-refractivity contribution in [2.45, 2.75) is 378 Å². The molecule has 9 heteroatoms. The van der Waals surface area contributed by atoms with Crippen molar-refractivity contribution in [3.8, 4) is 0 Å². The molecular formula is C64H125NO8. The summed E-state index contributed by atoms with van der Waals surface area (Å²) in [6.07, 6.45) is 61.8. The summed E-state index contributed by atoms with van der Waals surface area (Å²) in [7, 11) is 0. The van der Waals surface area contributed by atoms with Gasteiger partial charge in [0, 0.05) is 6.42 Å². The number of hydrogen-bond acceptors (Lipinski definition) is 8. The van der Waals surface area contributed by atoms with Gasteiger partial charge in [0.1, 0.15) is 24.4 Å². The average molecular weight is 1040 g/mol. The van der Waals surface area contributed by atoms with Crippen LogP contribution in [0.2, 0.25) is 0 Å². The van der Waals surface area contributed by atoms with Crippen molar-refractivity contribution >= 4 is 5.91 Å². The van der Waals surface area contributed by atoms with E-state index in [-0.39, 0.29) is 12.5 Å². The van der Waals surface area contributed by atoms with Crippen molar-refractivity contribution in [3.05, 3.63) is 12.2 Å². The predicted molar refractivity (Wildman–Crippen MR) is 309 cm³/mol. The number of carbonyl (C=O) groups excluding carboxylic acids is 1. The van der Waals surface area contributed by atoms with Crippen LogP contribution in [-0.4, -0.2) is 87.5 Å². The molecule has 0 bridgehead atoms. The van der Waals surface area contributed by atoms with E-state index >= 15 is 0 Å². The van der Waals surface area contributed by atoms with Gasteiger partial charge in [0.15, 0.2) is 6.29 Å². The molecule has 2 unspecified atom stereocenters. The molecule has 7 atom stereocenters. The number of ether oxygens (including phenoxy) is 2. The minimum atomic E-state index is -1.56. The number of carbonyl (C=O) groups is 1. The summed E-state index contributed by atoms with van der Waals surface area (Å²) in [4.78, 5) is 13.1. The third kappa shape index (κ3) is 43.6. The van der Waals surface area contributed by atoms with Crippen LogP contribution in [0.1, 0.15) is 335 Å². The lowest BCUT2D eigenvalue weighted by molar-refractivity contribution is -0.302. The highest BCUT2D eigenvalue weighted by molar-refractivity contribution is 5.76. The fourth-order valence-electron chi connectivity index (χ4n) is 10.8. The van der Waals surface area contributed by atoms with Crippen molar-refractivity contribution < 1.29 is 39.8 Å². The Hall–Kier alpha value is -1.07. The Labute approximate surface area is 452 Å². The average Bonchev–Trinajstić information content (AvgIpc) is 3.39. The van der Waals surface area contributed by atoms with Crippen molar-refractivity contribution in [2.24, 2.45) is 0 Å². The Morgan fingerprint density at radius 3 is 1.07 bits per heavy atom. The minimum Gasteiger partial charge on any atom is -0.394 e. The van der Waals surface area contributed by atoms with Gasteiger partial charge in [0.25, 0.3) is 0 Å². The van der Waals surface area contributed by atoms with Crippen LogP contribution in [0.25, 0.3) is 0 Å². The molecule has 9 nitrogen and oxygen atoms in total. The SMILES string of the molecule is CCCCCCCCCCCCCCC/C=C/[C@@H](O)[C@H](CO[C@@H]1O[C@H](CO)[C@@H](O)C(O)C1O)NC(=O)CCCCCCCCCCCCCCCCCCCCCCCCCCCCCCCCCCCCC. The molecule has 0 aromatic carbocycles. The molecule has 0 spiro atoms. The zero-order valence-electron chi connectivity index (χ0n) is 48.4. The van der Waals surface area contributed by atoms with Crippen LogP contribution >= 0.6 is 0 Å². The monoisotopic (exact) mass is 1040 g/mol. The Bertz CT molecular complexity index is 1150. The molecule has 0 aromatic heterocycles. The van der Waals surface area contributed by atoms with Crippen molar-refractivity contribution in [1.29, 1.82) is 0 Å². The number of unbranched alkanes of at least 4 members (excludes halogenated alkanes) is 47. The second-order valence-electron chi connectivity index (χ2n) is 22.9. The number of nitrogens with one attached hydrogen (secondary N) is 1. The molecular weight excluding hydrogens is 911 g/mol. The van der Waals surface area contributed by atoms with E-state index in [1.165, 1.54) is 276 Å². The van der Waals surface area contributed by atoms with Gasteiger partial charge in [-0.2, -0.15) is 0 Å². The zero-order valence-corrected chi connectivity index (χ0v) is 48.4. The second kappa shape index (κ2) is 54.3. The molecule has 6 N–H and O–H groups in total. The zero-order chi connectivity index (χ0) is 52.9. The minimum absolute atomic E-state index is 0.169. The van der Waals surface area contributed by atoms with Crippen LogP contribution in [-0.2, 0) is 14.3 Å². The van der Waals surface area contributed by atoms with Gasteiger partial charge in [-0.1, -0.05) is 321 Å². The summed E-state index contributed by atoms with van der Waals surface area (Å²) >= 11 is 0. The quantitative estimate of drug-likeness (QED) is 0.0261. The molecule has 73 heavy (non-hydrogen) atoms. The molecule has 1 aliphatic heterocycles. The molecule has 1 aliphatic rings. The number of aliphatic hydroxyl groups excluding tert-OH is 5. The first-order chi connectivity index (χ1) is 35.8. The Morgan fingerprint density at radius 1 is 0.452 bits per heavy atom. The van der Waals surface area contributed by atoms with Gasteiger partial charge in [-0.3, -0.25) is 4.79 Å². The smallest absolute Gasteiger partial charge is 0.220 e. The first-order valence-electron chi connectivity index (χ1n) is 32.4. The van der Waals surface area contributed by atoms with Gasteiger partial charge >= 0.3 is 0 Å². The number of amides is 1. The van der Waals surface area contributed by atoms with E-state index in [1.54, 1.807) is 6.08 Å².